The highest BCUT2D eigenvalue weighted by atomic mass is 16.4. The van der Waals surface area contributed by atoms with E-state index in [4.69, 9.17) is 24.9 Å². The highest BCUT2D eigenvalue weighted by Gasteiger charge is 2.05. The summed E-state index contributed by atoms with van der Waals surface area (Å²) < 4.78 is 0. The van der Waals surface area contributed by atoms with Crippen molar-refractivity contribution < 1.29 is 34.8 Å². The predicted molar refractivity (Wildman–Crippen MR) is 94.1 cm³/mol. The summed E-state index contributed by atoms with van der Waals surface area (Å²) in [5, 5.41) is 32.2. The topological polar surface area (TPSA) is 152 Å². The van der Waals surface area contributed by atoms with Gasteiger partial charge in [-0.15, -0.1) is 0 Å². The normalized spacial score (nSPS) is 9.27. The second kappa shape index (κ2) is 14.5. The average molecular weight is 373 g/mol. The molecule has 0 fully saturated rings. The van der Waals surface area contributed by atoms with E-state index in [0.717, 1.165) is 17.1 Å². The van der Waals surface area contributed by atoms with Crippen LogP contribution in [0.4, 0.5) is 4.79 Å². The number of carboxylic acid groups (broad SMARTS) is 3. The maximum absolute atomic E-state index is 9.62. The molecule has 0 bridgehead atoms. The lowest BCUT2D eigenvalue weighted by atomic mass is 10.3. The molecule has 10 nitrogen and oxygen atoms in total. The molecule has 0 aromatic carbocycles. The molecule has 1 rings (SSSR count). The van der Waals surface area contributed by atoms with Crippen molar-refractivity contribution >= 4 is 18.0 Å². The summed E-state index contributed by atoms with van der Waals surface area (Å²) in [4.78, 5) is 35.2. The molecule has 1 amide bonds. The number of pyridine rings is 1. The summed E-state index contributed by atoms with van der Waals surface area (Å²) >= 11 is 0. The zero-order chi connectivity index (χ0) is 20.7. The van der Waals surface area contributed by atoms with Gasteiger partial charge in [0, 0.05) is 26.8 Å². The Bertz CT molecular complexity index is 553. The van der Waals surface area contributed by atoms with Crippen LogP contribution in [0.25, 0.3) is 0 Å². The molecule has 0 radical (unpaired) electrons. The first-order valence-corrected chi connectivity index (χ1v) is 7.70. The van der Waals surface area contributed by atoms with Crippen LogP contribution >= 0.6 is 0 Å². The van der Waals surface area contributed by atoms with Crippen molar-refractivity contribution in [3.63, 3.8) is 0 Å². The SMILES string of the molecule is CCCCN(C)Cc1ncccc1O.CN(C)C(=O)O.O=C(O)C(=O)O. The first-order valence-electron chi connectivity index (χ1n) is 7.70. The number of unbranched alkanes of at least 4 members (excludes halogenated alkanes) is 1. The Balaban J connectivity index is 0. The molecule has 0 aliphatic rings. The van der Waals surface area contributed by atoms with Crippen molar-refractivity contribution in [3.8, 4) is 5.75 Å². The molecule has 1 aromatic heterocycles. The Morgan fingerprint density at radius 3 is 1.92 bits per heavy atom. The van der Waals surface area contributed by atoms with Gasteiger partial charge in [-0.3, -0.25) is 4.98 Å². The van der Waals surface area contributed by atoms with Crippen molar-refractivity contribution in [2.75, 3.05) is 27.7 Å². The van der Waals surface area contributed by atoms with E-state index < -0.39 is 18.0 Å². The van der Waals surface area contributed by atoms with E-state index in [1.54, 1.807) is 18.3 Å². The van der Waals surface area contributed by atoms with Crippen molar-refractivity contribution in [2.24, 2.45) is 0 Å². The van der Waals surface area contributed by atoms with Crippen LogP contribution in [-0.2, 0) is 16.1 Å². The van der Waals surface area contributed by atoms with Crippen LogP contribution in [0.2, 0.25) is 0 Å². The number of nitrogens with zero attached hydrogens (tertiary/aromatic N) is 3. The van der Waals surface area contributed by atoms with E-state index in [1.807, 2.05) is 7.05 Å². The van der Waals surface area contributed by atoms with Crippen LogP contribution < -0.4 is 0 Å². The smallest absolute Gasteiger partial charge is 0.414 e. The monoisotopic (exact) mass is 373 g/mol. The molecule has 1 aromatic rings. The molecule has 1 heterocycles. The van der Waals surface area contributed by atoms with Crippen molar-refractivity contribution in [2.45, 2.75) is 26.3 Å². The van der Waals surface area contributed by atoms with E-state index in [2.05, 4.69) is 16.8 Å². The predicted octanol–water partition coefficient (Wildman–Crippen LogP) is 1.40. The minimum absolute atomic E-state index is 0.288. The summed E-state index contributed by atoms with van der Waals surface area (Å²) in [5.41, 5.74) is 0.756. The number of aliphatic carboxylic acids is 2. The molecule has 4 N–H and O–H groups in total. The van der Waals surface area contributed by atoms with Gasteiger partial charge in [-0.2, -0.15) is 0 Å². The fourth-order valence-electron chi connectivity index (χ4n) is 1.31. The second-order valence-corrected chi connectivity index (χ2v) is 5.35. The third-order valence-corrected chi connectivity index (χ3v) is 2.74. The van der Waals surface area contributed by atoms with Crippen LogP contribution in [0.15, 0.2) is 18.3 Å². The number of carbonyl (C=O) groups is 3. The van der Waals surface area contributed by atoms with Gasteiger partial charge in [-0.1, -0.05) is 13.3 Å². The van der Waals surface area contributed by atoms with Crippen LogP contribution in [0.5, 0.6) is 5.75 Å². The van der Waals surface area contributed by atoms with Gasteiger partial charge < -0.3 is 30.2 Å². The number of carboxylic acids is 2. The van der Waals surface area contributed by atoms with E-state index in [0.29, 0.717) is 6.54 Å². The summed E-state index contributed by atoms with van der Waals surface area (Å²) in [6, 6.07) is 3.42. The third kappa shape index (κ3) is 14.7. The Labute approximate surface area is 152 Å². The number of hydrogen-bond acceptors (Lipinski definition) is 6. The number of aromatic hydroxyl groups is 1. The molecule has 0 aliphatic carbocycles. The summed E-state index contributed by atoms with van der Waals surface area (Å²) in [6.07, 6.45) is 3.18. The van der Waals surface area contributed by atoms with Gasteiger partial charge in [0.1, 0.15) is 5.75 Å². The molecule has 26 heavy (non-hydrogen) atoms. The van der Waals surface area contributed by atoms with E-state index in [-0.39, 0.29) is 5.75 Å². The Morgan fingerprint density at radius 1 is 1.08 bits per heavy atom. The number of rotatable bonds is 5. The molecule has 0 saturated carbocycles. The molecule has 0 spiro atoms. The minimum atomic E-state index is -1.82. The van der Waals surface area contributed by atoms with E-state index >= 15 is 0 Å². The number of hydrogen-bond donors (Lipinski definition) is 4. The zero-order valence-electron chi connectivity index (χ0n) is 15.4. The summed E-state index contributed by atoms with van der Waals surface area (Å²) in [7, 11) is 4.99. The maximum atomic E-state index is 9.62. The first kappa shape index (κ1) is 25.4. The molecule has 148 valence electrons. The van der Waals surface area contributed by atoms with Gasteiger partial charge in [0.25, 0.3) is 0 Å². The quantitative estimate of drug-likeness (QED) is 0.561. The molecular weight excluding hydrogens is 346 g/mol. The van der Waals surface area contributed by atoms with Gasteiger partial charge in [-0.05, 0) is 32.1 Å². The molecule has 0 unspecified atom stereocenters. The fourth-order valence-corrected chi connectivity index (χ4v) is 1.31. The molecule has 0 atom stereocenters. The molecule has 10 heteroatoms. The van der Waals surface area contributed by atoms with Crippen molar-refractivity contribution in [1.82, 2.24) is 14.8 Å². The van der Waals surface area contributed by atoms with Crippen molar-refractivity contribution in [3.05, 3.63) is 24.0 Å². The Hall–Kier alpha value is -2.88. The lowest BCUT2D eigenvalue weighted by Crippen LogP contribution is -2.19. The van der Waals surface area contributed by atoms with Gasteiger partial charge in [-0.25, -0.2) is 14.4 Å². The largest absolute Gasteiger partial charge is 0.506 e. The van der Waals surface area contributed by atoms with E-state index in [1.165, 1.54) is 26.9 Å². The van der Waals surface area contributed by atoms with Crippen LogP contribution in [-0.4, -0.2) is 80.9 Å². The average Bonchev–Trinajstić information content (AvgIpc) is 2.56. The minimum Gasteiger partial charge on any atom is -0.506 e. The number of aromatic nitrogens is 1. The molecule has 0 saturated heterocycles. The molecular formula is C16H27N3O7. The van der Waals surface area contributed by atoms with Gasteiger partial charge in [0.2, 0.25) is 0 Å². The van der Waals surface area contributed by atoms with Gasteiger partial charge >= 0.3 is 18.0 Å². The lowest BCUT2D eigenvalue weighted by molar-refractivity contribution is -0.159. The third-order valence-electron chi connectivity index (χ3n) is 2.74. The molecule has 0 aliphatic heterocycles. The van der Waals surface area contributed by atoms with Gasteiger partial charge in [0.15, 0.2) is 0 Å². The van der Waals surface area contributed by atoms with Crippen LogP contribution in [0.1, 0.15) is 25.5 Å². The summed E-state index contributed by atoms with van der Waals surface area (Å²) in [6.45, 7) is 3.94. The number of amides is 1. The lowest BCUT2D eigenvalue weighted by Gasteiger charge is -2.15. The van der Waals surface area contributed by atoms with Crippen LogP contribution in [0.3, 0.4) is 0 Å². The maximum Gasteiger partial charge on any atom is 0.414 e. The standard InChI is InChI=1S/C11H18N2O.C3H7NO2.C2H2O4/c1-3-4-8-13(2)9-10-11(14)6-5-7-12-10;1-4(2)3(5)6;3-1(4)2(5)6/h5-7,14H,3-4,8-9H2,1-2H3;1-2H3,(H,5,6);(H,3,4)(H,5,6). The van der Waals surface area contributed by atoms with E-state index in [9.17, 15) is 9.90 Å². The second-order valence-electron chi connectivity index (χ2n) is 5.35. The fraction of sp³-hybridized carbons (Fsp3) is 0.500. The highest BCUT2D eigenvalue weighted by molar-refractivity contribution is 6.27. The first-order chi connectivity index (χ1) is 12.0. The summed E-state index contributed by atoms with van der Waals surface area (Å²) in [5.74, 6) is -3.36. The Morgan fingerprint density at radius 2 is 1.58 bits per heavy atom. The van der Waals surface area contributed by atoms with Gasteiger partial charge in [0.05, 0.1) is 5.69 Å². The zero-order valence-corrected chi connectivity index (χ0v) is 15.4. The highest BCUT2D eigenvalue weighted by Crippen LogP contribution is 2.14. The van der Waals surface area contributed by atoms with Crippen LogP contribution in [0, 0.1) is 0 Å². The Kier molecular flexibility index (Phi) is 14.1. The van der Waals surface area contributed by atoms with Crippen molar-refractivity contribution in [1.29, 1.82) is 0 Å².